The van der Waals surface area contributed by atoms with E-state index in [4.69, 9.17) is 14.2 Å². The fraction of sp³-hybridized carbons (Fsp3) is 0.675. The molecule has 0 saturated heterocycles. The number of esters is 3. The van der Waals surface area contributed by atoms with Gasteiger partial charge in [0.25, 0.3) is 0 Å². The molecule has 0 amide bonds. The Morgan fingerprint density at radius 3 is 0.843 bits per heavy atom. The minimum atomic E-state index is -0.829. The monoisotopic (exact) mass is 1150 g/mol. The van der Waals surface area contributed by atoms with Gasteiger partial charge in [-0.1, -0.05) is 309 Å². The second kappa shape index (κ2) is 70.0. The molecule has 0 aliphatic rings. The Bertz CT molecular complexity index is 1750. The summed E-state index contributed by atoms with van der Waals surface area (Å²) >= 11 is 0. The van der Waals surface area contributed by atoms with Crippen LogP contribution >= 0.6 is 0 Å². The molecule has 472 valence electrons. The van der Waals surface area contributed by atoms with Crippen LogP contribution in [0.2, 0.25) is 0 Å². The van der Waals surface area contributed by atoms with Crippen LogP contribution in [0.4, 0.5) is 0 Å². The van der Waals surface area contributed by atoms with Gasteiger partial charge in [0.15, 0.2) is 6.10 Å². The minimum absolute atomic E-state index is 0.115. The van der Waals surface area contributed by atoms with E-state index in [1.54, 1.807) is 6.08 Å². The van der Waals surface area contributed by atoms with Crippen LogP contribution in [0.5, 0.6) is 0 Å². The summed E-state index contributed by atoms with van der Waals surface area (Å²) in [4.78, 5) is 38.4. The molecule has 1 atom stereocenters. The maximum atomic E-state index is 12.9. The van der Waals surface area contributed by atoms with Gasteiger partial charge in [-0.3, -0.25) is 14.4 Å². The first-order valence-electron chi connectivity index (χ1n) is 34.7. The molecule has 0 aliphatic carbocycles. The second-order valence-corrected chi connectivity index (χ2v) is 22.7. The Kier molecular flexibility index (Phi) is 66.3. The van der Waals surface area contributed by atoms with Gasteiger partial charge in [-0.05, 0) is 122 Å². The van der Waals surface area contributed by atoms with Crippen molar-refractivity contribution in [3.05, 3.63) is 134 Å². The van der Waals surface area contributed by atoms with Crippen LogP contribution in [0, 0.1) is 0 Å². The van der Waals surface area contributed by atoms with Crippen molar-refractivity contribution in [1.29, 1.82) is 0 Å². The highest BCUT2D eigenvalue weighted by molar-refractivity contribution is 5.72. The third kappa shape index (κ3) is 68.2. The van der Waals surface area contributed by atoms with E-state index in [0.717, 1.165) is 103 Å². The first-order valence-corrected chi connectivity index (χ1v) is 34.7. The number of hydrogen-bond acceptors (Lipinski definition) is 6. The van der Waals surface area contributed by atoms with Crippen molar-refractivity contribution >= 4 is 17.9 Å². The Labute approximate surface area is 513 Å². The van der Waals surface area contributed by atoms with Gasteiger partial charge in [-0.15, -0.1) is 0 Å². The lowest BCUT2D eigenvalue weighted by Gasteiger charge is -2.18. The Hall–Kier alpha value is -4.45. The summed E-state index contributed by atoms with van der Waals surface area (Å²) in [5, 5.41) is 0. The van der Waals surface area contributed by atoms with Crippen molar-refractivity contribution in [2.24, 2.45) is 0 Å². The Balaban J connectivity index is 4.41. The molecular weight excluding hydrogens is 1020 g/mol. The largest absolute Gasteiger partial charge is 0.462 e. The first kappa shape index (κ1) is 78.5. The third-order valence-electron chi connectivity index (χ3n) is 14.6. The molecule has 0 N–H and O–H groups in total. The average Bonchev–Trinajstić information content (AvgIpc) is 3.49. The van der Waals surface area contributed by atoms with Crippen LogP contribution in [0.3, 0.4) is 0 Å². The van der Waals surface area contributed by atoms with Crippen molar-refractivity contribution in [3.8, 4) is 0 Å². The van der Waals surface area contributed by atoms with Crippen molar-refractivity contribution in [3.63, 3.8) is 0 Å². The number of hydrogen-bond donors (Lipinski definition) is 0. The van der Waals surface area contributed by atoms with E-state index in [1.165, 1.54) is 173 Å². The molecule has 0 aromatic carbocycles. The van der Waals surface area contributed by atoms with Crippen molar-refractivity contribution < 1.29 is 28.6 Å². The lowest BCUT2D eigenvalue weighted by molar-refractivity contribution is -0.166. The fourth-order valence-electron chi connectivity index (χ4n) is 9.47. The van der Waals surface area contributed by atoms with Gasteiger partial charge in [0, 0.05) is 12.8 Å². The number of unbranched alkanes of at least 4 members (excludes halogenated alkanes) is 30. The molecule has 0 rings (SSSR count). The Morgan fingerprint density at radius 2 is 0.518 bits per heavy atom. The number of carbonyl (C=O) groups excluding carboxylic acids is 3. The van der Waals surface area contributed by atoms with E-state index in [2.05, 4.69) is 142 Å². The summed E-state index contributed by atoms with van der Waals surface area (Å²) in [5.41, 5.74) is 0. The quantitative estimate of drug-likeness (QED) is 0.0261. The summed E-state index contributed by atoms with van der Waals surface area (Å²) in [6.07, 6.45) is 99.2. The zero-order chi connectivity index (χ0) is 59.9. The normalized spacial score (nSPS) is 13.0. The van der Waals surface area contributed by atoms with E-state index in [-0.39, 0.29) is 31.6 Å². The summed E-state index contributed by atoms with van der Waals surface area (Å²) < 4.78 is 16.9. The van der Waals surface area contributed by atoms with Crippen LogP contribution in [0.25, 0.3) is 0 Å². The molecule has 83 heavy (non-hydrogen) atoms. The molecule has 6 heteroatoms. The zero-order valence-corrected chi connectivity index (χ0v) is 54.2. The van der Waals surface area contributed by atoms with Crippen LogP contribution < -0.4 is 0 Å². The molecule has 0 fully saturated rings. The third-order valence-corrected chi connectivity index (χ3v) is 14.6. The molecule has 0 bridgehead atoms. The van der Waals surface area contributed by atoms with E-state index in [1.807, 2.05) is 6.08 Å². The summed E-state index contributed by atoms with van der Waals surface area (Å²) in [6.45, 7) is 6.43. The maximum absolute atomic E-state index is 12.9. The zero-order valence-electron chi connectivity index (χ0n) is 54.2. The standard InChI is InChI=1S/C77H128O6/c1-4-7-10-13-16-19-22-25-28-30-32-34-36-37-38-39-41-42-44-46-49-52-55-58-61-64-67-70-76(79)82-73-74(72-81-75(78)69-66-63-60-57-54-51-48-27-24-21-18-15-12-9-6-3)83-77(80)71-68-65-62-59-56-53-50-47-45-43-40-35-33-31-29-26-23-20-17-14-11-8-5-2/h9,12,18,21-23,25-27,30-33,36-37,40,43,48,54,57,63,66,74H,4-8,10-11,13-17,19-20,24,28-29,34-35,38-39,41-42,44-47,49-53,55-56,58-62,64-65,67-73H2,1-3H3/b12-9-,21-18-,25-22-,26-23-,32-30-,33-31-,37-36-,43-40-,48-27-,57-54-,66-63-. The molecule has 1 unspecified atom stereocenters. The van der Waals surface area contributed by atoms with E-state index in [0.29, 0.717) is 12.8 Å². The van der Waals surface area contributed by atoms with Gasteiger partial charge in [0.1, 0.15) is 13.2 Å². The molecular formula is C77H128O6. The van der Waals surface area contributed by atoms with Crippen molar-refractivity contribution in [2.75, 3.05) is 13.2 Å². The number of carbonyl (C=O) groups is 3. The fourth-order valence-corrected chi connectivity index (χ4v) is 9.47. The molecule has 6 nitrogen and oxygen atoms in total. The van der Waals surface area contributed by atoms with Crippen LogP contribution in [0.1, 0.15) is 316 Å². The van der Waals surface area contributed by atoms with Gasteiger partial charge in [-0.2, -0.15) is 0 Å². The predicted molar refractivity (Wildman–Crippen MR) is 362 cm³/mol. The highest BCUT2D eigenvalue weighted by Crippen LogP contribution is 2.16. The van der Waals surface area contributed by atoms with Gasteiger partial charge in [-0.25, -0.2) is 0 Å². The second-order valence-electron chi connectivity index (χ2n) is 22.7. The molecule has 0 radical (unpaired) electrons. The smallest absolute Gasteiger partial charge is 0.309 e. The van der Waals surface area contributed by atoms with E-state index in [9.17, 15) is 14.4 Å². The van der Waals surface area contributed by atoms with Crippen molar-refractivity contribution in [1.82, 2.24) is 0 Å². The molecule has 0 aromatic rings. The lowest BCUT2D eigenvalue weighted by atomic mass is 10.0. The van der Waals surface area contributed by atoms with Gasteiger partial charge < -0.3 is 14.2 Å². The summed E-state index contributed by atoms with van der Waals surface area (Å²) in [5.74, 6) is -1.05. The lowest BCUT2D eigenvalue weighted by Crippen LogP contribution is -2.30. The van der Waals surface area contributed by atoms with E-state index < -0.39 is 12.1 Å². The first-order chi connectivity index (χ1) is 41.0. The molecule has 0 aromatic heterocycles. The number of ether oxygens (including phenoxy) is 3. The maximum Gasteiger partial charge on any atom is 0.309 e. The van der Waals surface area contributed by atoms with Crippen LogP contribution in [-0.4, -0.2) is 37.2 Å². The molecule has 0 aliphatic heterocycles. The molecule has 0 saturated carbocycles. The number of rotatable bonds is 62. The highest BCUT2D eigenvalue weighted by atomic mass is 16.6. The van der Waals surface area contributed by atoms with Crippen LogP contribution in [-0.2, 0) is 28.6 Å². The van der Waals surface area contributed by atoms with Gasteiger partial charge in [0.05, 0.1) is 6.42 Å². The van der Waals surface area contributed by atoms with E-state index >= 15 is 0 Å². The van der Waals surface area contributed by atoms with Gasteiger partial charge in [0.2, 0.25) is 0 Å². The molecule has 0 heterocycles. The summed E-state index contributed by atoms with van der Waals surface area (Å²) in [6, 6.07) is 0. The summed E-state index contributed by atoms with van der Waals surface area (Å²) in [7, 11) is 0. The van der Waals surface area contributed by atoms with Crippen molar-refractivity contribution in [2.45, 2.75) is 322 Å². The number of allylic oxidation sites excluding steroid dienone is 21. The van der Waals surface area contributed by atoms with Gasteiger partial charge >= 0.3 is 17.9 Å². The van der Waals surface area contributed by atoms with Crippen LogP contribution in [0.15, 0.2) is 134 Å². The minimum Gasteiger partial charge on any atom is -0.462 e. The molecule has 0 spiro atoms. The Morgan fingerprint density at radius 1 is 0.265 bits per heavy atom. The SMILES string of the molecule is CC/C=C\C/C=C\C/C=C\C/C=C\C/C=C\CC(=O)OCC(COC(=O)CCCCCCCCCCCCCC/C=C\C/C=C\C/C=C\CCCCCCC)OC(=O)CCCCCCCCCC/C=C\C/C=C\C/C=C\CCCCCCC. The predicted octanol–water partition coefficient (Wildman–Crippen LogP) is 24.1. The average molecular weight is 1150 g/mol. The highest BCUT2D eigenvalue weighted by Gasteiger charge is 2.19. The topological polar surface area (TPSA) is 78.9 Å².